The van der Waals surface area contributed by atoms with Gasteiger partial charge in [0.25, 0.3) is 0 Å². The van der Waals surface area contributed by atoms with Gasteiger partial charge in [-0.3, -0.25) is 9.69 Å². The summed E-state index contributed by atoms with van der Waals surface area (Å²) in [7, 11) is -1.74. The number of hydrogen-bond donors (Lipinski definition) is 1. The van der Waals surface area contributed by atoms with Gasteiger partial charge in [-0.1, -0.05) is 6.07 Å². The highest BCUT2D eigenvalue weighted by atomic mass is 32.2. The first kappa shape index (κ1) is 23.2. The normalized spacial score (nSPS) is 17.8. The second-order valence-electron chi connectivity index (χ2n) is 8.19. The van der Waals surface area contributed by atoms with Crippen LogP contribution in [0.25, 0.3) is 0 Å². The third-order valence-corrected chi connectivity index (χ3v) is 8.47. The Balaban J connectivity index is 1.53. The fourth-order valence-corrected chi connectivity index (χ4v) is 6.32. The van der Waals surface area contributed by atoms with Crippen LogP contribution in [-0.2, 0) is 26.1 Å². The Kier molecular flexibility index (Phi) is 7.47. The molecule has 0 atom stereocenters. The van der Waals surface area contributed by atoms with E-state index in [1.165, 1.54) is 9.18 Å². The van der Waals surface area contributed by atoms with Gasteiger partial charge in [0.2, 0.25) is 15.9 Å². The fourth-order valence-electron chi connectivity index (χ4n) is 4.10. The largest absolute Gasteiger partial charge is 0.379 e. The summed E-state index contributed by atoms with van der Waals surface area (Å²) in [6.07, 6.45) is 2.18. The molecule has 174 valence electrons. The van der Waals surface area contributed by atoms with E-state index in [0.29, 0.717) is 38.5 Å². The Bertz CT molecular complexity index is 1010. The Morgan fingerprint density at radius 1 is 1.16 bits per heavy atom. The molecule has 2 saturated heterocycles. The minimum Gasteiger partial charge on any atom is -0.379 e. The van der Waals surface area contributed by atoms with Crippen LogP contribution < -0.4 is 10.2 Å². The molecule has 0 unspecified atom stereocenters. The van der Waals surface area contributed by atoms with Gasteiger partial charge in [0.1, 0.15) is 0 Å². The number of likely N-dealkylation sites (N-methyl/N-ethyl adjacent to an activating group) is 1. The van der Waals surface area contributed by atoms with E-state index in [9.17, 15) is 13.2 Å². The Labute approximate surface area is 193 Å². The van der Waals surface area contributed by atoms with Crippen molar-refractivity contribution in [3.05, 3.63) is 40.6 Å². The van der Waals surface area contributed by atoms with Crippen molar-refractivity contribution in [1.29, 1.82) is 0 Å². The summed E-state index contributed by atoms with van der Waals surface area (Å²) in [5.41, 5.74) is 1.42. The second-order valence-corrected chi connectivity index (χ2v) is 11.2. The van der Waals surface area contributed by atoms with Gasteiger partial charge in [0, 0.05) is 37.6 Å². The molecule has 0 spiro atoms. The number of amides is 1. The Morgan fingerprint density at radius 3 is 2.59 bits per heavy atom. The molecule has 32 heavy (non-hydrogen) atoms. The summed E-state index contributed by atoms with van der Waals surface area (Å²) in [6, 6.07) is 9.12. The third kappa shape index (κ3) is 5.49. The second kappa shape index (κ2) is 10.3. The molecule has 2 aliphatic rings. The topological polar surface area (TPSA) is 82.2 Å². The molecule has 1 N–H and O–H groups in total. The van der Waals surface area contributed by atoms with Crippen molar-refractivity contribution in [2.24, 2.45) is 0 Å². The number of ether oxygens (including phenoxy) is 1. The molecule has 1 aromatic heterocycles. The first-order valence-electron chi connectivity index (χ1n) is 10.9. The van der Waals surface area contributed by atoms with Crippen LogP contribution in [0.3, 0.4) is 0 Å². The number of carbonyl (C=O) groups is 1. The van der Waals surface area contributed by atoms with Gasteiger partial charge in [-0.15, -0.1) is 11.3 Å². The van der Waals surface area contributed by atoms with E-state index >= 15 is 0 Å². The lowest BCUT2D eigenvalue weighted by molar-refractivity contribution is -0.117. The Morgan fingerprint density at radius 2 is 1.91 bits per heavy atom. The molecule has 1 amide bonds. The number of morpholine rings is 1. The molecule has 2 fully saturated rings. The molecule has 4 rings (SSSR count). The van der Waals surface area contributed by atoms with E-state index in [1.54, 1.807) is 23.5 Å². The maximum absolute atomic E-state index is 13.2. The number of carbonyl (C=O) groups excluding carboxylic acids is 1. The van der Waals surface area contributed by atoms with E-state index in [4.69, 9.17) is 4.74 Å². The molecule has 1 aromatic carbocycles. The molecular weight excluding hydrogens is 448 g/mol. The average Bonchev–Trinajstić information content (AvgIpc) is 3.48. The zero-order valence-corrected chi connectivity index (χ0v) is 20.0. The van der Waals surface area contributed by atoms with Crippen LogP contribution >= 0.6 is 11.3 Å². The van der Waals surface area contributed by atoms with Crippen LogP contribution in [0.1, 0.15) is 17.7 Å². The zero-order valence-electron chi connectivity index (χ0n) is 18.3. The molecular formula is C22H30N4O4S2. The van der Waals surface area contributed by atoms with E-state index in [1.807, 2.05) is 35.5 Å². The summed E-state index contributed by atoms with van der Waals surface area (Å²) in [5, 5.41) is 5.01. The Hall–Kier alpha value is -1.98. The number of hydrogen-bond acceptors (Lipinski definition) is 7. The molecule has 8 nitrogen and oxygen atoms in total. The van der Waals surface area contributed by atoms with Crippen molar-refractivity contribution < 1.29 is 17.9 Å². The van der Waals surface area contributed by atoms with Crippen molar-refractivity contribution >= 4 is 38.6 Å². The maximum Gasteiger partial charge on any atom is 0.243 e. The van der Waals surface area contributed by atoms with Gasteiger partial charge in [-0.2, -0.15) is 4.31 Å². The van der Waals surface area contributed by atoms with E-state index < -0.39 is 10.0 Å². The van der Waals surface area contributed by atoms with E-state index in [-0.39, 0.29) is 17.3 Å². The van der Waals surface area contributed by atoms with Crippen LogP contribution in [0, 0.1) is 0 Å². The quantitative estimate of drug-likeness (QED) is 0.628. The van der Waals surface area contributed by atoms with Gasteiger partial charge in [-0.05, 0) is 49.5 Å². The molecule has 2 aromatic rings. The highest BCUT2D eigenvalue weighted by Gasteiger charge is 2.28. The van der Waals surface area contributed by atoms with Crippen molar-refractivity contribution in [3.63, 3.8) is 0 Å². The highest BCUT2D eigenvalue weighted by molar-refractivity contribution is 7.89. The predicted molar refractivity (Wildman–Crippen MR) is 127 cm³/mol. The molecule has 2 aliphatic heterocycles. The van der Waals surface area contributed by atoms with Gasteiger partial charge in [0.15, 0.2) is 0 Å². The van der Waals surface area contributed by atoms with Crippen LogP contribution in [-0.4, -0.2) is 76.5 Å². The van der Waals surface area contributed by atoms with Crippen molar-refractivity contribution in [3.8, 4) is 0 Å². The molecule has 0 bridgehead atoms. The molecule has 0 radical (unpaired) electrons. The number of nitrogens with zero attached hydrogens (tertiary/aromatic N) is 3. The maximum atomic E-state index is 13.2. The molecule has 10 heteroatoms. The first-order valence-corrected chi connectivity index (χ1v) is 13.2. The van der Waals surface area contributed by atoms with Gasteiger partial charge in [0.05, 0.1) is 36.0 Å². The minimum atomic E-state index is -3.64. The van der Waals surface area contributed by atoms with Crippen LogP contribution in [0.5, 0.6) is 0 Å². The fraction of sp³-hybridized carbons (Fsp3) is 0.500. The SMILES string of the molecule is CN(CC(=O)Nc1cc(S(=O)(=O)N2CCOCC2)ccc1N1CCCC1)Cc1cccs1. The minimum absolute atomic E-state index is 0.162. The first-order chi connectivity index (χ1) is 15.4. The lowest BCUT2D eigenvalue weighted by Crippen LogP contribution is -2.40. The van der Waals surface area contributed by atoms with Crippen LogP contribution in [0.4, 0.5) is 11.4 Å². The number of rotatable bonds is 8. The third-order valence-electron chi connectivity index (χ3n) is 5.72. The molecule has 3 heterocycles. The van der Waals surface area contributed by atoms with Crippen LogP contribution in [0.15, 0.2) is 40.6 Å². The smallest absolute Gasteiger partial charge is 0.243 e. The standard InChI is InChI=1S/C22H30N4O4S2/c1-24(16-18-5-4-14-31-18)17-22(27)23-20-15-19(6-7-21(20)25-8-2-3-9-25)32(28,29)26-10-12-30-13-11-26/h4-7,14-15H,2-3,8-13,16-17H2,1H3,(H,23,27). The summed E-state index contributed by atoms with van der Waals surface area (Å²) >= 11 is 1.66. The average molecular weight is 479 g/mol. The molecule has 0 aliphatic carbocycles. The van der Waals surface area contributed by atoms with E-state index in [0.717, 1.165) is 31.6 Å². The lowest BCUT2D eigenvalue weighted by atomic mass is 10.2. The van der Waals surface area contributed by atoms with E-state index in [2.05, 4.69) is 10.2 Å². The predicted octanol–water partition coefficient (Wildman–Crippen LogP) is 2.44. The van der Waals surface area contributed by atoms with Crippen molar-refractivity contribution in [1.82, 2.24) is 9.21 Å². The van der Waals surface area contributed by atoms with Crippen molar-refractivity contribution in [2.45, 2.75) is 24.3 Å². The monoisotopic (exact) mass is 478 g/mol. The number of anilines is 2. The highest BCUT2D eigenvalue weighted by Crippen LogP contribution is 2.32. The lowest BCUT2D eigenvalue weighted by Gasteiger charge is -2.27. The number of benzene rings is 1. The zero-order chi connectivity index (χ0) is 22.6. The number of thiophene rings is 1. The number of nitrogens with one attached hydrogen (secondary N) is 1. The summed E-state index contributed by atoms with van der Waals surface area (Å²) < 4.78 is 33.0. The summed E-state index contributed by atoms with van der Waals surface area (Å²) in [6.45, 7) is 4.17. The van der Waals surface area contributed by atoms with Crippen molar-refractivity contribution in [2.75, 3.05) is 63.2 Å². The summed E-state index contributed by atoms with van der Waals surface area (Å²) in [5.74, 6) is -0.162. The van der Waals surface area contributed by atoms with Gasteiger partial charge in [-0.25, -0.2) is 8.42 Å². The number of sulfonamides is 1. The van der Waals surface area contributed by atoms with Gasteiger partial charge >= 0.3 is 0 Å². The van der Waals surface area contributed by atoms with Crippen LogP contribution in [0.2, 0.25) is 0 Å². The molecule has 0 saturated carbocycles. The summed E-state index contributed by atoms with van der Waals surface area (Å²) in [4.78, 5) is 18.4. The van der Waals surface area contributed by atoms with Gasteiger partial charge < -0.3 is 15.0 Å².